The molecule has 0 aromatic carbocycles. The number of carboxylic acids is 1. The highest BCUT2D eigenvalue weighted by atomic mass is 16.5. The van der Waals surface area contributed by atoms with Crippen molar-refractivity contribution in [2.75, 3.05) is 26.7 Å². The highest BCUT2D eigenvalue weighted by Gasteiger charge is 2.22. The minimum absolute atomic E-state index is 0.00169. The van der Waals surface area contributed by atoms with Crippen LogP contribution in [0.3, 0.4) is 0 Å². The maximum Gasteiger partial charge on any atom is 0.354 e. The van der Waals surface area contributed by atoms with Crippen molar-refractivity contribution < 1.29 is 14.6 Å². The number of aromatic carboxylic acids is 1. The molecule has 1 N–H and O–H groups in total. The minimum Gasteiger partial charge on any atom is -0.477 e. The van der Waals surface area contributed by atoms with Crippen LogP contribution in [0.4, 0.5) is 0 Å². The minimum atomic E-state index is -1.05. The highest BCUT2D eigenvalue weighted by molar-refractivity contribution is 5.85. The van der Waals surface area contributed by atoms with Crippen molar-refractivity contribution in [3.63, 3.8) is 0 Å². The van der Waals surface area contributed by atoms with E-state index in [0.29, 0.717) is 19.0 Å². The zero-order valence-electron chi connectivity index (χ0n) is 8.96. The summed E-state index contributed by atoms with van der Waals surface area (Å²) in [6.07, 6.45) is 1.21. The van der Waals surface area contributed by atoms with Crippen molar-refractivity contribution in [3.8, 4) is 0 Å². The second-order valence-corrected chi connectivity index (χ2v) is 3.73. The zero-order chi connectivity index (χ0) is 11.5. The van der Waals surface area contributed by atoms with E-state index in [1.807, 2.05) is 7.05 Å². The van der Waals surface area contributed by atoms with Crippen LogP contribution in [0.15, 0.2) is 12.3 Å². The Balaban J connectivity index is 2.19. The quantitative estimate of drug-likeness (QED) is 0.770. The molecule has 0 aliphatic carbocycles. The molecule has 1 atom stereocenters. The normalized spacial score (nSPS) is 21.9. The summed E-state index contributed by atoms with van der Waals surface area (Å²) in [5.41, 5.74) is 0.00169. The van der Waals surface area contributed by atoms with Crippen LogP contribution in [-0.4, -0.2) is 52.7 Å². The van der Waals surface area contributed by atoms with Crippen LogP contribution < -0.4 is 0 Å². The molecule has 0 spiro atoms. The van der Waals surface area contributed by atoms with E-state index in [0.717, 1.165) is 6.54 Å². The van der Waals surface area contributed by atoms with Crippen LogP contribution in [-0.2, 0) is 4.74 Å². The first-order chi connectivity index (χ1) is 7.66. The van der Waals surface area contributed by atoms with Gasteiger partial charge in [-0.1, -0.05) is 0 Å². The summed E-state index contributed by atoms with van der Waals surface area (Å²) in [5.74, 6) is -0.612. The molecule has 1 aliphatic heterocycles. The fourth-order valence-electron chi connectivity index (χ4n) is 1.58. The monoisotopic (exact) mass is 223 g/mol. The maximum atomic E-state index is 10.8. The van der Waals surface area contributed by atoms with E-state index in [9.17, 15) is 4.79 Å². The van der Waals surface area contributed by atoms with E-state index in [1.165, 1.54) is 12.3 Å². The molecule has 1 saturated heterocycles. The lowest BCUT2D eigenvalue weighted by atomic mass is 10.2. The summed E-state index contributed by atoms with van der Waals surface area (Å²) in [7, 11) is 1.98. The van der Waals surface area contributed by atoms with Gasteiger partial charge in [-0.25, -0.2) is 14.8 Å². The molecule has 0 radical (unpaired) electrons. The van der Waals surface area contributed by atoms with Crippen molar-refractivity contribution in [3.05, 3.63) is 23.8 Å². The Hall–Kier alpha value is -1.53. The topological polar surface area (TPSA) is 75.5 Å². The lowest BCUT2D eigenvalue weighted by Gasteiger charge is -2.28. The van der Waals surface area contributed by atoms with Crippen LogP contribution in [0.5, 0.6) is 0 Å². The summed E-state index contributed by atoms with van der Waals surface area (Å²) in [6.45, 7) is 2.17. The van der Waals surface area contributed by atoms with E-state index >= 15 is 0 Å². The number of hydrogen-bond acceptors (Lipinski definition) is 5. The Labute approximate surface area is 92.9 Å². The molecule has 2 heterocycles. The van der Waals surface area contributed by atoms with Crippen molar-refractivity contribution >= 4 is 5.97 Å². The third-order valence-corrected chi connectivity index (χ3v) is 2.45. The third kappa shape index (κ3) is 2.34. The molecular weight excluding hydrogens is 210 g/mol. The van der Waals surface area contributed by atoms with Gasteiger partial charge in [0.25, 0.3) is 0 Å². The van der Waals surface area contributed by atoms with Crippen LogP contribution in [0.2, 0.25) is 0 Å². The van der Waals surface area contributed by atoms with E-state index in [4.69, 9.17) is 9.84 Å². The number of morpholine rings is 1. The van der Waals surface area contributed by atoms with Crippen molar-refractivity contribution in [1.29, 1.82) is 0 Å². The molecule has 0 saturated carbocycles. The van der Waals surface area contributed by atoms with Crippen molar-refractivity contribution in [2.24, 2.45) is 0 Å². The Bertz CT molecular complexity index is 397. The molecule has 6 nitrogen and oxygen atoms in total. The fourth-order valence-corrected chi connectivity index (χ4v) is 1.58. The summed E-state index contributed by atoms with van der Waals surface area (Å²) >= 11 is 0. The molecule has 16 heavy (non-hydrogen) atoms. The number of carbonyl (C=O) groups is 1. The van der Waals surface area contributed by atoms with Gasteiger partial charge in [-0.2, -0.15) is 0 Å². The number of aromatic nitrogens is 2. The van der Waals surface area contributed by atoms with Gasteiger partial charge in [-0.15, -0.1) is 0 Å². The SMILES string of the molecule is CN1CCOC(c2nccc(C(=O)O)n2)C1. The van der Waals surface area contributed by atoms with Gasteiger partial charge in [-0.3, -0.25) is 0 Å². The Morgan fingerprint density at radius 2 is 2.50 bits per heavy atom. The fraction of sp³-hybridized carbons (Fsp3) is 0.500. The largest absolute Gasteiger partial charge is 0.477 e. The number of ether oxygens (including phenoxy) is 1. The molecule has 1 aliphatic rings. The van der Waals surface area contributed by atoms with Gasteiger partial charge in [0.05, 0.1) is 6.61 Å². The van der Waals surface area contributed by atoms with Gasteiger partial charge < -0.3 is 14.7 Å². The van der Waals surface area contributed by atoms with Crippen LogP contribution in [0.25, 0.3) is 0 Å². The lowest BCUT2D eigenvalue weighted by Crippen LogP contribution is -2.36. The van der Waals surface area contributed by atoms with Gasteiger partial charge in [0.2, 0.25) is 0 Å². The molecular formula is C10H13N3O3. The molecule has 0 bridgehead atoms. The van der Waals surface area contributed by atoms with E-state index < -0.39 is 5.97 Å². The predicted molar refractivity (Wildman–Crippen MR) is 55.2 cm³/mol. The molecule has 6 heteroatoms. The van der Waals surface area contributed by atoms with Crippen molar-refractivity contribution in [2.45, 2.75) is 6.10 Å². The van der Waals surface area contributed by atoms with E-state index in [2.05, 4.69) is 14.9 Å². The molecule has 0 amide bonds. The van der Waals surface area contributed by atoms with Crippen molar-refractivity contribution in [1.82, 2.24) is 14.9 Å². The highest BCUT2D eigenvalue weighted by Crippen LogP contribution is 2.17. The first-order valence-electron chi connectivity index (χ1n) is 5.03. The number of nitrogens with zero attached hydrogens (tertiary/aromatic N) is 3. The second kappa shape index (κ2) is 4.54. The van der Waals surface area contributed by atoms with E-state index in [1.54, 1.807) is 0 Å². The smallest absolute Gasteiger partial charge is 0.354 e. The standard InChI is InChI=1S/C10H13N3O3/c1-13-4-5-16-8(6-13)9-11-3-2-7(12-9)10(14)15/h2-3,8H,4-6H2,1H3,(H,14,15). The number of hydrogen-bond donors (Lipinski definition) is 1. The first kappa shape index (κ1) is 11.0. The first-order valence-corrected chi connectivity index (χ1v) is 5.03. The number of rotatable bonds is 2. The van der Waals surface area contributed by atoms with Crippen LogP contribution >= 0.6 is 0 Å². The third-order valence-electron chi connectivity index (χ3n) is 2.45. The number of carboxylic acid groups (broad SMARTS) is 1. The summed E-state index contributed by atoms with van der Waals surface area (Å²) in [6, 6.07) is 1.37. The molecule has 86 valence electrons. The van der Waals surface area contributed by atoms with Gasteiger partial charge >= 0.3 is 5.97 Å². The molecule has 1 unspecified atom stereocenters. The number of likely N-dealkylation sites (N-methyl/N-ethyl adjacent to an activating group) is 1. The Morgan fingerprint density at radius 3 is 3.19 bits per heavy atom. The maximum absolute atomic E-state index is 10.8. The Kier molecular flexibility index (Phi) is 3.12. The molecule has 2 rings (SSSR count). The van der Waals surface area contributed by atoms with Gasteiger partial charge in [0.1, 0.15) is 6.10 Å². The zero-order valence-corrected chi connectivity index (χ0v) is 8.96. The summed E-state index contributed by atoms with van der Waals surface area (Å²) in [4.78, 5) is 20.9. The van der Waals surface area contributed by atoms with Crippen LogP contribution in [0, 0.1) is 0 Å². The summed E-state index contributed by atoms with van der Waals surface area (Å²) in [5, 5.41) is 8.82. The second-order valence-electron chi connectivity index (χ2n) is 3.73. The van der Waals surface area contributed by atoms with Gasteiger partial charge in [0, 0.05) is 19.3 Å². The van der Waals surface area contributed by atoms with Crippen LogP contribution in [0.1, 0.15) is 22.4 Å². The Morgan fingerprint density at radius 1 is 1.69 bits per heavy atom. The van der Waals surface area contributed by atoms with Gasteiger partial charge in [-0.05, 0) is 13.1 Å². The van der Waals surface area contributed by atoms with Gasteiger partial charge in [0.15, 0.2) is 11.5 Å². The molecule has 1 aromatic heterocycles. The summed E-state index contributed by atoms with van der Waals surface area (Å²) < 4.78 is 5.51. The van der Waals surface area contributed by atoms with E-state index in [-0.39, 0.29) is 11.8 Å². The average Bonchev–Trinajstić information content (AvgIpc) is 2.29. The predicted octanol–water partition coefficient (Wildman–Crippen LogP) is 0.178. The molecule has 1 fully saturated rings. The lowest BCUT2D eigenvalue weighted by molar-refractivity contribution is -0.0256. The molecule has 1 aromatic rings. The average molecular weight is 223 g/mol.